The van der Waals surface area contributed by atoms with Crippen LogP contribution < -0.4 is 15.6 Å². The van der Waals surface area contributed by atoms with Gasteiger partial charge in [-0.1, -0.05) is 0 Å². The summed E-state index contributed by atoms with van der Waals surface area (Å²) in [6.45, 7) is 0. The average molecular weight is 229 g/mol. The van der Waals surface area contributed by atoms with Gasteiger partial charge < -0.3 is 10.5 Å². The lowest BCUT2D eigenvalue weighted by molar-refractivity contribution is 0.294. The van der Waals surface area contributed by atoms with Crippen molar-refractivity contribution >= 4 is 15.8 Å². The Morgan fingerprint density at radius 1 is 1.47 bits per heavy atom. The fraction of sp³-hybridized carbons (Fsp3) is 0.375. The first-order valence-corrected chi connectivity index (χ1v) is 5.96. The monoisotopic (exact) mass is 229 g/mol. The van der Waals surface area contributed by atoms with E-state index in [4.69, 9.17) is 15.6 Å². The molecule has 1 aliphatic rings. The van der Waals surface area contributed by atoms with E-state index in [9.17, 15) is 8.42 Å². The number of hydrogen-bond donors (Lipinski definition) is 2. The molecule has 0 spiro atoms. The highest BCUT2D eigenvalue weighted by atomic mass is 32.2. The van der Waals surface area contributed by atoms with Gasteiger partial charge >= 0.3 is 0 Å². The summed E-state index contributed by atoms with van der Waals surface area (Å²) in [7, 11) is -3.82. The lowest BCUT2D eigenvalue weighted by atomic mass is 10.4. The predicted molar refractivity (Wildman–Crippen MR) is 53.7 cm³/mol. The summed E-state index contributed by atoms with van der Waals surface area (Å²) in [5.41, 5.74) is 5.38. The number of anilines is 1. The maximum Gasteiger partial charge on any atom is 0.241 e. The van der Waals surface area contributed by atoms with Crippen molar-refractivity contribution in [2.24, 2.45) is 5.14 Å². The van der Waals surface area contributed by atoms with Crippen molar-refractivity contribution in [2.45, 2.75) is 23.8 Å². The molecule has 7 heteroatoms. The molecule has 1 aromatic heterocycles. The summed E-state index contributed by atoms with van der Waals surface area (Å²) in [6.07, 6.45) is 3.21. The van der Waals surface area contributed by atoms with Crippen LogP contribution >= 0.6 is 0 Å². The number of ether oxygens (including phenoxy) is 1. The molecule has 15 heavy (non-hydrogen) atoms. The summed E-state index contributed by atoms with van der Waals surface area (Å²) in [5.74, 6) is 0.274. The lowest BCUT2D eigenvalue weighted by Crippen LogP contribution is -2.15. The molecule has 1 saturated carbocycles. The van der Waals surface area contributed by atoms with Gasteiger partial charge in [-0.2, -0.15) is 0 Å². The molecule has 0 aromatic carbocycles. The van der Waals surface area contributed by atoms with Gasteiger partial charge in [0.05, 0.1) is 12.3 Å². The summed E-state index contributed by atoms with van der Waals surface area (Å²) in [5, 5.41) is 5.03. The van der Waals surface area contributed by atoms with Gasteiger partial charge in [-0.25, -0.2) is 18.5 Å². The van der Waals surface area contributed by atoms with Gasteiger partial charge in [0.2, 0.25) is 10.0 Å². The van der Waals surface area contributed by atoms with E-state index in [1.165, 1.54) is 12.3 Å². The summed E-state index contributed by atoms with van der Waals surface area (Å²) in [4.78, 5) is 3.66. The molecule has 4 N–H and O–H groups in total. The molecule has 1 aliphatic carbocycles. The normalized spacial score (nSPS) is 16.3. The van der Waals surface area contributed by atoms with Crippen molar-refractivity contribution in [3.63, 3.8) is 0 Å². The Morgan fingerprint density at radius 3 is 2.67 bits per heavy atom. The highest BCUT2D eigenvalue weighted by Crippen LogP contribution is 2.30. The van der Waals surface area contributed by atoms with Crippen LogP contribution in [0, 0.1) is 0 Å². The maximum absolute atomic E-state index is 11.2. The molecule has 6 nitrogen and oxygen atoms in total. The van der Waals surface area contributed by atoms with Gasteiger partial charge in [-0.05, 0) is 12.8 Å². The number of primary sulfonamides is 1. The molecule has 0 unspecified atom stereocenters. The molecule has 1 aromatic rings. The standard InChI is InChI=1S/C8H11N3O3S/c9-8-3-7(15(10,12)13)6(4-11-8)14-5-1-2-5/h3-5H,1-2H2,(H2,9,11)(H2,10,12,13). The molecule has 0 atom stereocenters. The van der Waals surface area contributed by atoms with E-state index in [1.807, 2.05) is 0 Å². The minimum absolute atomic E-state index is 0.0796. The molecule has 2 rings (SSSR count). The molecule has 0 bridgehead atoms. The number of aromatic nitrogens is 1. The lowest BCUT2D eigenvalue weighted by Gasteiger charge is -2.08. The Bertz CT molecular complexity index is 482. The minimum atomic E-state index is -3.82. The van der Waals surface area contributed by atoms with Gasteiger partial charge in [0.1, 0.15) is 10.7 Å². The van der Waals surface area contributed by atoms with Crippen molar-refractivity contribution in [1.29, 1.82) is 0 Å². The molecular formula is C8H11N3O3S. The average Bonchev–Trinajstić information content (AvgIpc) is 2.90. The first kappa shape index (κ1) is 10.2. The Balaban J connectivity index is 2.43. The number of nitrogens with two attached hydrogens (primary N) is 2. The second-order valence-corrected chi connectivity index (χ2v) is 4.95. The predicted octanol–water partition coefficient (Wildman–Crippen LogP) is -0.148. The van der Waals surface area contributed by atoms with Crippen LogP contribution in [0.25, 0.3) is 0 Å². The van der Waals surface area contributed by atoms with Crippen LogP contribution in [0.15, 0.2) is 17.2 Å². The second-order valence-electron chi connectivity index (χ2n) is 3.42. The van der Waals surface area contributed by atoms with E-state index < -0.39 is 10.0 Å². The molecule has 1 fully saturated rings. The molecule has 0 radical (unpaired) electrons. The first-order valence-electron chi connectivity index (χ1n) is 4.42. The van der Waals surface area contributed by atoms with Gasteiger partial charge in [-0.15, -0.1) is 0 Å². The Labute approximate surface area is 87.3 Å². The highest BCUT2D eigenvalue weighted by Gasteiger charge is 2.26. The van der Waals surface area contributed by atoms with Crippen molar-refractivity contribution in [3.8, 4) is 5.75 Å². The Kier molecular flexibility index (Phi) is 2.28. The van der Waals surface area contributed by atoms with Crippen LogP contribution in [0.4, 0.5) is 5.82 Å². The van der Waals surface area contributed by atoms with Crippen molar-refractivity contribution < 1.29 is 13.2 Å². The molecule has 82 valence electrons. The van der Waals surface area contributed by atoms with E-state index in [0.717, 1.165) is 12.8 Å². The summed E-state index contributed by atoms with van der Waals surface area (Å²) in [6, 6.07) is 1.20. The summed E-state index contributed by atoms with van der Waals surface area (Å²) < 4.78 is 27.8. The van der Waals surface area contributed by atoms with Crippen LogP contribution in [-0.2, 0) is 10.0 Å². The third-order valence-corrected chi connectivity index (χ3v) is 2.91. The van der Waals surface area contributed by atoms with Gasteiger partial charge in [0, 0.05) is 6.07 Å². The van der Waals surface area contributed by atoms with Crippen LogP contribution in [0.5, 0.6) is 5.75 Å². The van der Waals surface area contributed by atoms with Gasteiger partial charge in [0.15, 0.2) is 5.75 Å². The van der Waals surface area contributed by atoms with E-state index in [-0.39, 0.29) is 22.6 Å². The van der Waals surface area contributed by atoms with E-state index in [0.29, 0.717) is 0 Å². The molecular weight excluding hydrogens is 218 g/mol. The van der Waals surface area contributed by atoms with Crippen molar-refractivity contribution in [1.82, 2.24) is 4.98 Å². The zero-order valence-electron chi connectivity index (χ0n) is 7.88. The number of nitrogens with zero attached hydrogens (tertiary/aromatic N) is 1. The third-order valence-electron chi connectivity index (χ3n) is 1.98. The van der Waals surface area contributed by atoms with Crippen LogP contribution in [-0.4, -0.2) is 19.5 Å². The van der Waals surface area contributed by atoms with Crippen LogP contribution in [0.3, 0.4) is 0 Å². The maximum atomic E-state index is 11.2. The minimum Gasteiger partial charge on any atom is -0.487 e. The topological polar surface area (TPSA) is 108 Å². The van der Waals surface area contributed by atoms with E-state index in [2.05, 4.69) is 4.98 Å². The smallest absolute Gasteiger partial charge is 0.241 e. The summed E-state index contributed by atoms with van der Waals surface area (Å²) >= 11 is 0. The fourth-order valence-corrected chi connectivity index (χ4v) is 1.78. The van der Waals surface area contributed by atoms with E-state index in [1.54, 1.807) is 0 Å². The Morgan fingerprint density at radius 2 is 2.13 bits per heavy atom. The number of sulfonamides is 1. The van der Waals surface area contributed by atoms with Crippen molar-refractivity contribution in [3.05, 3.63) is 12.3 Å². The van der Waals surface area contributed by atoms with Crippen molar-refractivity contribution in [2.75, 3.05) is 5.73 Å². The number of hydrogen-bond acceptors (Lipinski definition) is 5. The molecule has 0 aliphatic heterocycles. The zero-order valence-corrected chi connectivity index (χ0v) is 8.70. The molecule has 0 saturated heterocycles. The van der Waals surface area contributed by atoms with E-state index >= 15 is 0 Å². The number of pyridine rings is 1. The third kappa shape index (κ3) is 2.37. The fourth-order valence-electron chi connectivity index (χ4n) is 1.12. The van der Waals surface area contributed by atoms with Crippen LogP contribution in [0.2, 0.25) is 0 Å². The Hall–Kier alpha value is -1.34. The first-order chi connectivity index (χ1) is 6.97. The largest absolute Gasteiger partial charge is 0.487 e. The molecule has 1 heterocycles. The zero-order chi connectivity index (χ0) is 11.1. The molecule has 0 amide bonds. The second kappa shape index (κ2) is 3.35. The van der Waals surface area contributed by atoms with Gasteiger partial charge in [-0.3, -0.25) is 0 Å². The highest BCUT2D eigenvalue weighted by molar-refractivity contribution is 7.89. The number of nitrogen functional groups attached to an aromatic ring is 1. The number of rotatable bonds is 3. The van der Waals surface area contributed by atoms with Gasteiger partial charge in [0.25, 0.3) is 0 Å². The van der Waals surface area contributed by atoms with Crippen LogP contribution in [0.1, 0.15) is 12.8 Å². The quantitative estimate of drug-likeness (QED) is 0.749. The SMILES string of the molecule is Nc1cc(S(N)(=O)=O)c(OC2CC2)cn1.